The number of rotatable bonds is 5. The van der Waals surface area contributed by atoms with Crippen LogP contribution in [-0.2, 0) is 4.79 Å². The molecular weight excluding hydrogens is 446 g/mol. The van der Waals surface area contributed by atoms with Gasteiger partial charge < -0.3 is 15.5 Å². The van der Waals surface area contributed by atoms with E-state index in [1.807, 2.05) is 11.0 Å². The van der Waals surface area contributed by atoms with Gasteiger partial charge in [0.2, 0.25) is 5.91 Å². The number of nitrogens with zero attached hydrogens (tertiary/aromatic N) is 1. The molecule has 158 valence electrons. The molecule has 1 aliphatic rings. The molecule has 2 atom stereocenters. The van der Waals surface area contributed by atoms with E-state index in [-0.39, 0.29) is 18.4 Å². The van der Waals surface area contributed by atoms with Crippen LogP contribution in [0.3, 0.4) is 0 Å². The maximum atomic E-state index is 13.2. The summed E-state index contributed by atoms with van der Waals surface area (Å²) in [4.78, 5) is 39.6. The van der Waals surface area contributed by atoms with E-state index >= 15 is 0 Å². The molecule has 1 heterocycles. The van der Waals surface area contributed by atoms with Gasteiger partial charge in [0.15, 0.2) is 0 Å². The first-order valence-electron chi connectivity index (χ1n) is 10.1. The van der Waals surface area contributed by atoms with Gasteiger partial charge in [-0.05, 0) is 48.6 Å². The zero-order valence-electron chi connectivity index (χ0n) is 17.2. The first kappa shape index (κ1) is 22.0. The Bertz CT molecular complexity index is 923. The van der Waals surface area contributed by atoms with Crippen LogP contribution in [0.4, 0.5) is 5.69 Å². The average Bonchev–Trinajstić information content (AvgIpc) is 2.72. The Balaban J connectivity index is 1.68. The fourth-order valence-electron chi connectivity index (χ4n) is 3.85. The van der Waals surface area contributed by atoms with Crippen molar-refractivity contribution in [2.75, 3.05) is 25.0 Å². The van der Waals surface area contributed by atoms with Crippen LogP contribution in [0.2, 0.25) is 0 Å². The standard InChI is InChI=1S/C23H26BrN3O3/c1-15-10-16(2)14-27(13-15)23(30)19-11-18(24)8-9-20(19)26-21(28)12-25-22(29)17-6-4-3-5-7-17/h3-9,11,15-16H,10,12-14H2,1-2H3,(H,25,29)(H,26,28)/t15-,16+. The Hall–Kier alpha value is -2.67. The molecule has 0 radical (unpaired) electrons. The van der Waals surface area contributed by atoms with Gasteiger partial charge in [-0.2, -0.15) is 0 Å². The van der Waals surface area contributed by atoms with Crippen molar-refractivity contribution in [3.05, 3.63) is 64.1 Å². The predicted molar refractivity (Wildman–Crippen MR) is 120 cm³/mol. The zero-order valence-corrected chi connectivity index (χ0v) is 18.7. The lowest BCUT2D eigenvalue weighted by atomic mass is 9.91. The van der Waals surface area contributed by atoms with Gasteiger partial charge in [-0.3, -0.25) is 14.4 Å². The van der Waals surface area contributed by atoms with E-state index < -0.39 is 5.91 Å². The molecule has 0 saturated carbocycles. The number of hydrogen-bond donors (Lipinski definition) is 2. The van der Waals surface area contributed by atoms with Gasteiger partial charge in [0.1, 0.15) is 0 Å². The first-order valence-corrected chi connectivity index (χ1v) is 10.8. The molecule has 30 heavy (non-hydrogen) atoms. The quantitative estimate of drug-likeness (QED) is 0.692. The molecule has 2 aromatic carbocycles. The second kappa shape index (κ2) is 9.89. The summed E-state index contributed by atoms with van der Waals surface area (Å²) in [5.41, 5.74) is 1.36. The Labute approximate surface area is 185 Å². The van der Waals surface area contributed by atoms with E-state index in [0.29, 0.717) is 41.7 Å². The maximum absolute atomic E-state index is 13.2. The lowest BCUT2D eigenvalue weighted by Gasteiger charge is -2.35. The minimum Gasteiger partial charge on any atom is -0.343 e. The number of carbonyl (C=O) groups excluding carboxylic acids is 3. The van der Waals surface area contributed by atoms with Crippen molar-refractivity contribution in [1.29, 1.82) is 0 Å². The molecule has 1 aliphatic heterocycles. The normalized spacial score (nSPS) is 18.6. The number of nitrogens with one attached hydrogen (secondary N) is 2. The number of likely N-dealkylation sites (tertiary alicyclic amines) is 1. The Morgan fingerprint density at radius 1 is 1.03 bits per heavy atom. The fourth-order valence-corrected chi connectivity index (χ4v) is 4.21. The van der Waals surface area contributed by atoms with Gasteiger partial charge in [0, 0.05) is 23.1 Å². The van der Waals surface area contributed by atoms with Crippen LogP contribution in [0.15, 0.2) is 53.0 Å². The van der Waals surface area contributed by atoms with Crippen LogP contribution in [0.5, 0.6) is 0 Å². The van der Waals surface area contributed by atoms with Crippen LogP contribution >= 0.6 is 15.9 Å². The second-order valence-electron chi connectivity index (χ2n) is 7.94. The minimum absolute atomic E-state index is 0.0988. The summed E-state index contributed by atoms with van der Waals surface area (Å²) < 4.78 is 0.763. The summed E-state index contributed by atoms with van der Waals surface area (Å²) in [7, 11) is 0. The number of benzene rings is 2. The average molecular weight is 472 g/mol. The summed E-state index contributed by atoms with van der Waals surface area (Å²) in [6.45, 7) is 5.52. The molecular formula is C23H26BrN3O3. The van der Waals surface area contributed by atoms with Gasteiger partial charge in [-0.1, -0.05) is 48.0 Å². The number of hydrogen-bond acceptors (Lipinski definition) is 3. The smallest absolute Gasteiger partial charge is 0.256 e. The highest BCUT2D eigenvalue weighted by Gasteiger charge is 2.27. The first-order chi connectivity index (χ1) is 14.3. The molecule has 0 bridgehead atoms. The molecule has 3 amide bonds. The lowest BCUT2D eigenvalue weighted by Crippen LogP contribution is -2.43. The fraction of sp³-hybridized carbons (Fsp3) is 0.348. The van der Waals surface area contributed by atoms with E-state index in [0.717, 1.165) is 10.9 Å². The third kappa shape index (κ3) is 5.69. The number of anilines is 1. The van der Waals surface area contributed by atoms with Gasteiger partial charge in [0.05, 0.1) is 17.8 Å². The molecule has 2 N–H and O–H groups in total. The van der Waals surface area contributed by atoms with Crippen molar-refractivity contribution in [3.8, 4) is 0 Å². The lowest BCUT2D eigenvalue weighted by molar-refractivity contribution is -0.115. The summed E-state index contributed by atoms with van der Waals surface area (Å²) in [6, 6.07) is 13.9. The number of amides is 3. The highest BCUT2D eigenvalue weighted by molar-refractivity contribution is 9.10. The van der Waals surface area contributed by atoms with Crippen molar-refractivity contribution in [1.82, 2.24) is 10.2 Å². The van der Waals surface area contributed by atoms with Gasteiger partial charge >= 0.3 is 0 Å². The van der Waals surface area contributed by atoms with Crippen molar-refractivity contribution in [2.24, 2.45) is 11.8 Å². The topological polar surface area (TPSA) is 78.5 Å². The minimum atomic E-state index is -0.393. The van der Waals surface area contributed by atoms with Gasteiger partial charge in [-0.25, -0.2) is 0 Å². The molecule has 0 spiro atoms. The number of carbonyl (C=O) groups is 3. The van der Waals surface area contributed by atoms with Crippen LogP contribution in [-0.4, -0.2) is 42.3 Å². The number of piperidine rings is 1. The van der Waals surface area contributed by atoms with Crippen LogP contribution < -0.4 is 10.6 Å². The molecule has 3 rings (SSSR count). The SMILES string of the molecule is C[C@@H]1C[C@H](C)CN(C(=O)c2cc(Br)ccc2NC(=O)CNC(=O)c2ccccc2)C1. The molecule has 6 nitrogen and oxygen atoms in total. The van der Waals surface area contributed by atoms with Crippen LogP contribution in [0.1, 0.15) is 41.0 Å². The zero-order chi connectivity index (χ0) is 21.7. The molecule has 0 unspecified atom stereocenters. The third-order valence-electron chi connectivity index (χ3n) is 5.09. The van der Waals surface area contributed by atoms with E-state index in [2.05, 4.69) is 40.4 Å². The number of halogens is 1. The monoisotopic (exact) mass is 471 g/mol. The summed E-state index contributed by atoms with van der Waals surface area (Å²) >= 11 is 3.41. The Morgan fingerprint density at radius 2 is 1.70 bits per heavy atom. The van der Waals surface area contributed by atoms with Crippen molar-refractivity contribution < 1.29 is 14.4 Å². The predicted octanol–water partition coefficient (Wildman–Crippen LogP) is 3.94. The van der Waals surface area contributed by atoms with Gasteiger partial charge in [0.25, 0.3) is 11.8 Å². The molecule has 2 aromatic rings. The van der Waals surface area contributed by atoms with E-state index in [1.54, 1.807) is 42.5 Å². The molecule has 0 aromatic heterocycles. The van der Waals surface area contributed by atoms with E-state index in [1.165, 1.54) is 0 Å². The summed E-state index contributed by atoms with van der Waals surface area (Å²) in [5, 5.41) is 5.36. The van der Waals surface area contributed by atoms with Crippen LogP contribution in [0.25, 0.3) is 0 Å². The molecule has 7 heteroatoms. The van der Waals surface area contributed by atoms with Gasteiger partial charge in [-0.15, -0.1) is 0 Å². The maximum Gasteiger partial charge on any atom is 0.256 e. The highest BCUT2D eigenvalue weighted by Crippen LogP contribution is 2.27. The summed E-state index contributed by atoms with van der Waals surface area (Å²) in [5.74, 6) is 0.0655. The van der Waals surface area contributed by atoms with Crippen molar-refractivity contribution in [2.45, 2.75) is 20.3 Å². The highest BCUT2D eigenvalue weighted by atomic mass is 79.9. The molecule has 1 fully saturated rings. The Morgan fingerprint density at radius 3 is 2.37 bits per heavy atom. The largest absolute Gasteiger partial charge is 0.343 e. The molecule has 0 aliphatic carbocycles. The second-order valence-corrected chi connectivity index (χ2v) is 8.86. The van der Waals surface area contributed by atoms with E-state index in [4.69, 9.17) is 0 Å². The summed E-state index contributed by atoms with van der Waals surface area (Å²) in [6.07, 6.45) is 1.10. The van der Waals surface area contributed by atoms with Crippen molar-refractivity contribution in [3.63, 3.8) is 0 Å². The third-order valence-corrected chi connectivity index (χ3v) is 5.58. The molecule has 1 saturated heterocycles. The van der Waals surface area contributed by atoms with Crippen LogP contribution in [0, 0.1) is 11.8 Å². The van der Waals surface area contributed by atoms with Crippen molar-refractivity contribution >= 4 is 39.3 Å². The Kier molecular flexibility index (Phi) is 7.26. The van der Waals surface area contributed by atoms with E-state index in [9.17, 15) is 14.4 Å².